The molecule has 2 aromatic rings. The van der Waals surface area contributed by atoms with E-state index in [1.165, 1.54) is 5.56 Å². The van der Waals surface area contributed by atoms with Gasteiger partial charge in [0, 0.05) is 24.1 Å². The molecule has 0 aliphatic heterocycles. The maximum Gasteiger partial charge on any atom is 0.0664 e. The summed E-state index contributed by atoms with van der Waals surface area (Å²) in [6.07, 6.45) is 1.94. The van der Waals surface area contributed by atoms with Gasteiger partial charge in [0.05, 0.1) is 5.02 Å². The second-order valence-corrected chi connectivity index (χ2v) is 4.37. The Morgan fingerprint density at radius 2 is 2.20 bits per heavy atom. The molecule has 1 unspecified atom stereocenters. The van der Waals surface area contributed by atoms with Crippen LogP contribution in [0.15, 0.2) is 24.4 Å². The number of benzene rings is 1. The van der Waals surface area contributed by atoms with Gasteiger partial charge in [-0.25, -0.2) is 0 Å². The summed E-state index contributed by atoms with van der Waals surface area (Å²) in [6, 6.07) is 6.24. The summed E-state index contributed by atoms with van der Waals surface area (Å²) in [4.78, 5) is 0. The van der Waals surface area contributed by atoms with Crippen LogP contribution in [0.4, 0.5) is 0 Å². The van der Waals surface area contributed by atoms with E-state index < -0.39 is 0 Å². The number of nitrogens with zero attached hydrogens (tertiary/aromatic N) is 1. The van der Waals surface area contributed by atoms with Crippen LogP contribution >= 0.6 is 11.6 Å². The zero-order valence-electron chi connectivity index (χ0n) is 9.00. The van der Waals surface area contributed by atoms with Gasteiger partial charge in [0.25, 0.3) is 0 Å². The van der Waals surface area contributed by atoms with E-state index in [1.54, 1.807) is 0 Å². The van der Waals surface area contributed by atoms with Crippen LogP contribution < -0.4 is 5.73 Å². The van der Waals surface area contributed by atoms with Gasteiger partial charge in [-0.3, -0.25) is 0 Å². The molecule has 1 atom stereocenters. The molecule has 15 heavy (non-hydrogen) atoms. The fourth-order valence-corrected chi connectivity index (χ4v) is 2.31. The molecule has 0 saturated heterocycles. The Kier molecular flexibility index (Phi) is 2.72. The third-order valence-electron chi connectivity index (χ3n) is 2.88. The fourth-order valence-electron chi connectivity index (χ4n) is 1.95. The standard InChI is InChI=1S/C12H15ClN2/c1-8(6-14)9-4-3-5-11-12(9)10(13)7-15(11)2/h3-5,7-8H,6,14H2,1-2H3. The Morgan fingerprint density at radius 3 is 2.87 bits per heavy atom. The lowest BCUT2D eigenvalue weighted by Gasteiger charge is -2.10. The summed E-state index contributed by atoms with van der Waals surface area (Å²) in [7, 11) is 2.01. The normalized spacial score (nSPS) is 13.3. The van der Waals surface area contributed by atoms with E-state index in [0.29, 0.717) is 12.5 Å². The summed E-state index contributed by atoms with van der Waals surface area (Å²) in [5.41, 5.74) is 8.10. The first kappa shape index (κ1) is 10.5. The molecule has 0 amide bonds. The summed E-state index contributed by atoms with van der Waals surface area (Å²) in [5.74, 6) is 0.341. The van der Waals surface area contributed by atoms with Crippen molar-refractivity contribution in [1.82, 2.24) is 4.57 Å². The van der Waals surface area contributed by atoms with Gasteiger partial charge in [-0.2, -0.15) is 0 Å². The monoisotopic (exact) mass is 222 g/mol. The topological polar surface area (TPSA) is 30.9 Å². The summed E-state index contributed by atoms with van der Waals surface area (Å²) < 4.78 is 2.05. The van der Waals surface area contributed by atoms with Gasteiger partial charge >= 0.3 is 0 Å². The molecule has 0 aliphatic rings. The third kappa shape index (κ3) is 1.64. The molecule has 2 N–H and O–H groups in total. The Bertz CT molecular complexity index is 488. The molecule has 1 heterocycles. The molecule has 0 radical (unpaired) electrons. The van der Waals surface area contributed by atoms with Crippen molar-refractivity contribution in [2.75, 3.05) is 6.54 Å². The molecular formula is C12H15ClN2. The Hall–Kier alpha value is -0.990. The van der Waals surface area contributed by atoms with Gasteiger partial charge in [0.2, 0.25) is 0 Å². The van der Waals surface area contributed by atoms with Crippen molar-refractivity contribution >= 4 is 22.5 Å². The highest BCUT2D eigenvalue weighted by atomic mass is 35.5. The van der Waals surface area contributed by atoms with Crippen molar-refractivity contribution in [2.45, 2.75) is 12.8 Å². The highest BCUT2D eigenvalue weighted by molar-refractivity contribution is 6.36. The molecule has 3 heteroatoms. The first-order valence-electron chi connectivity index (χ1n) is 5.08. The second-order valence-electron chi connectivity index (χ2n) is 3.97. The van der Waals surface area contributed by atoms with E-state index >= 15 is 0 Å². The number of hydrogen-bond donors (Lipinski definition) is 1. The Labute approximate surface area is 94.6 Å². The van der Waals surface area contributed by atoms with Crippen LogP contribution in [-0.4, -0.2) is 11.1 Å². The molecule has 2 nitrogen and oxygen atoms in total. The number of fused-ring (bicyclic) bond motifs is 1. The number of aryl methyl sites for hydroxylation is 1. The average molecular weight is 223 g/mol. The summed E-state index contributed by atoms with van der Waals surface area (Å²) in [5, 5.41) is 1.95. The van der Waals surface area contributed by atoms with E-state index in [9.17, 15) is 0 Å². The van der Waals surface area contributed by atoms with Crippen LogP contribution in [0.1, 0.15) is 18.4 Å². The summed E-state index contributed by atoms with van der Waals surface area (Å²) >= 11 is 6.22. The number of aromatic nitrogens is 1. The molecule has 0 aliphatic carbocycles. The van der Waals surface area contributed by atoms with Gasteiger partial charge in [-0.05, 0) is 24.1 Å². The minimum Gasteiger partial charge on any atom is -0.349 e. The third-order valence-corrected chi connectivity index (χ3v) is 3.17. The van der Waals surface area contributed by atoms with Crippen LogP contribution in [0.5, 0.6) is 0 Å². The van der Waals surface area contributed by atoms with E-state index in [2.05, 4.69) is 25.1 Å². The quantitative estimate of drug-likeness (QED) is 0.833. The van der Waals surface area contributed by atoms with Gasteiger partial charge in [-0.15, -0.1) is 0 Å². The predicted octanol–water partition coefficient (Wildman–Crippen LogP) is 2.89. The molecule has 80 valence electrons. The lowest BCUT2D eigenvalue weighted by molar-refractivity contribution is 0.781. The van der Waals surface area contributed by atoms with Gasteiger partial charge in [0.15, 0.2) is 0 Å². The lowest BCUT2D eigenvalue weighted by Crippen LogP contribution is -2.09. The molecule has 0 bridgehead atoms. The van der Waals surface area contributed by atoms with Crippen LogP contribution in [0.25, 0.3) is 10.9 Å². The minimum atomic E-state index is 0.341. The first-order chi connectivity index (χ1) is 7.15. The minimum absolute atomic E-state index is 0.341. The van der Waals surface area contributed by atoms with Crippen molar-refractivity contribution < 1.29 is 0 Å². The van der Waals surface area contributed by atoms with Crippen LogP contribution in [0.3, 0.4) is 0 Å². The van der Waals surface area contributed by atoms with Gasteiger partial charge in [-0.1, -0.05) is 30.7 Å². The molecule has 1 aromatic carbocycles. The molecule has 0 spiro atoms. The van der Waals surface area contributed by atoms with E-state index in [1.807, 2.05) is 17.8 Å². The van der Waals surface area contributed by atoms with Crippen LogP contribution in [-0.2, 0) is 7.05 Å². The number of rotatable bonds is 2. The molecule has 0 saturated carbocycles. The van der Waals surface area contributed by atoms with Gasteiger partial charge < -0.3 is 10.3 Å². The highest BCUT2D eigenvalue weighted by Crippen LogP contribution is 2.32. The maximum absolute atomic E-state index is 6.22. The Balaban J connectivity index is 2.75. The maximum atomic E-state index is 6.22. The van der Waals surface area contributed by atoms with Crippen molar-refractivity contribution in [3.05, 3.63) is 35.0 Å². The predicted molar refractivity (Wildman–Crippen MR) is 65.4 cm³/mol. The van der Waals surface area contributed by atoms with Crippen LogP contribution in [0.2, 0.25) is 5.02 Å². The highest BCUT2D eigenvalue weighted by Gasteiger charge is 2.12. The number of hydrogen-bond acceptors (Lipinski definition) is 1. The largest absolute Gasteiger partial charge is 0.349 e. The van der Waals surface area contributed by atoms with Crippen molar-refractivity contribution in [3.8, 4) is 0 Å². The van der Waals surface area contributed by atoms with Crippen molar-refractivity contribution in [1.29, 1.82) is 0 Å². The zero-order chi connectivity index (χ0) is 11.0. The SMILES string of the molecule is CC(CN)c1cccc2c1c(Cl)cn2C. The average Bonchev–Trinajstić information content (AvgIpc) is 2.54. The zero-order valence-corrected chi connectivity index (χ0v) is 9.75. The van der Waals surface area contributed by atoms with E-state index in [-0.39, 0.29) is 0 Å². The molecular weight excluding hydrogens is 208 g/mol. The smallest absolute Gasteiger partial charge is 0.0664 e. The lowest BCUT2D eigenvalue weighted by atomic mass is 9.98. The van der Waals surface area contributed by atoms with Gasteiger partial charge in [0.1, 0.15) is 0 Å². The van der Waals surface area contributed by atoms with E-state index in [0.717, 1.165) is 15.9 Å². The first-order valence-corrected chi connectivity index (χ1v) is 5.46. The molecule has 1 aromatic heterocycles. The fraction of sp³-hybridized carbons (Fsp3) is 0.333. The molecule has 0 fully saturated rings. The molecule has 2 rings (SSSR count). The second kappa shape index (κ2) is 3.87. The number of halogens is 1. The number of nitrogens with two attached hydrogens (primary N) is 1. The van der Waals surface area contributed by atoms with Crippen molar-refractivity contribution in [2.24, 2.45) is 12.8 Å². The summed E-state index contributed by atoms with van der Waals surface area (Å²) in [6.45, 7) is 2.77. The van der Waals surface area contributed by atoms with Crippen molar-refractivity contribution in [3.63, 3.8) is 0 Å². The van der Waals surface area contributed by atoms with E-state index in [4.69, 9.17) is 17.3 Å². The Morgan fingerprint density at radius 1 is 1.47 bits per heavy atom. The van der Waals surface area contributed by atoms with Crippen LogP contribution in [0, 0.1) is 0 Å².